The van der Waals surface area contributed by atoms with Crippen LogP contribution in [0.5, 0.6) is 0 Å². The smallest absolute Gasteiger partial charge is 0.191 e. The van der Waals surface area contributed by atoms with Crippen LogP contribution in [0.2, 0.25) is 0 Å². The van der Waals surface area contributed by atoms with Crippen molar-refractivity contribution in [2.24, 2.45) is 4.99 Å². The third-order valence-corrected chi connectivity index (χ3v) is 6.04. The van der Waals surface area contributed by atoms with E-state index in [-0.39, 0.29) is 0 Å². The van der Waals surface area contributed by atoms with E-state index in [1.54, 1.807) is 18.8 Å². The highest BCUT2D eigenvalue weighted by molar-refractivity contribution is 7.98. The maximum absolute atomic E-state index is 12.2. The van der Waals surface area contributed by atoms with Gasteiger partial charge in [0.15, 0.2) is 5.96 Å². The van der Waals surface area contributed by atoms with Crippen LogP contribution in [-0.2, 0) is 23.1 Å². The number of benzene rings is 2. The van der Waals surface area contributed by atoms with Crippen molar-refractivity contribution in [3.63, 3.8) is 0 Å². The molecule has 140 valence electrons. The van der Waals surface area contributed by atoms with Crippen molar-refractivity contribution in [2.75, 3.05) is 25.6 Å². The van der Waals surface area contributed by atoms with E-state index in [1.807, 2.05) is 30.3 Å². The second-order valence-electron chi connectivity index (χ2n) is 5.94. The van der Waals surface area contributed by atoms with Gasteiger partial charge >= 0.3 is 0 Å². The molecule has 26 heavy (non-hydrogen) atoms. The monoisotopic (exact) mass is 389 g/mol. The van der Waals surface area contributed by atoms with Crippen LogP contribution < -0.4 is 10.6 Å². The zero-order valence-electron chi connectivity index (χ0n) is 15.6. The van der Waals surface area contributed by atoms with E-state index in [9.17, 15) is 4.21 Å². The van der Waals surface area contributed by atoms with Gasteiger partial charge in [0, 0.05) is 47.3 Å². The lowest BCUT2D eigenvalue weighted by Gasteiger charge is -2.14. The van der Waals surface area contributed by atoms with Gasteiger partial charge in [-0.2, -0.15) is 0 Å². The number of rotatable bonds is 8. The van der Waals surface area contributed by atoms with E-state index < -0.39 is 10.8 Å². The molecular formula is C20H27N3OS2. The molecule has 0 aliphatic carbocycles. The van der Waals surface area contributed by atoms with Crippen molar-refractivity contribution in [3.05, 3.63) is 65.2 Å². The Morgan fingerprint density at radius 1 is 1.15 bits per heavy atom. The zero-order valence-corrected chi connectivity index (χ0v) is 17.3. The molecule has 2 N–H and O–H groups in total. The average molecular weight is 390 g/mol. The van der Waals surface area contributed by atoms with Gasteiger partial charge in [-0.1, -0.05) is 42.5 Å². The van der Waals surface area contributed by atoms with Crippen molar-refractivity contribution in [1.82, 2.24) is 10.6 Å². The first-order chi connectivity index (χ1) is 12.6. The van der Waals surface area contributed by atoms with Crippen molar-refractivity contribution in [1.29, 1.82) is 0 Å². The van der Waals surface area contributed by atoms with Crippen LogP contribution in [0.25, 0.3) is 0 Å². The molecular weight excluding hydrogens is 362 g/mol. The summed E-state index contributed by atoms with van der Waals surface area (Å²) in [7, 11) is 0.865. The maximum atomic E-state index is 12.2. The lowest BCUT2D eigenvalue weighted by atomic mass is 10.1. The Hall–Kier alpha value is -1.79. The largest absolute Gasteiger partial charge is 0.355 e. The minimum absolute atomic E-state index is 0.592. The van der Waals surface area contributed by atoms with E-state index in [2.05, 4.69) is 47.0 Å². The maximum Gasteiger partial charge on any atom is 0.191 e. The van der Waals surface area contributed by atoms with E-state index in [0.717, 1.165) is 11.5 Å². The van der Waals surface area contributed by atoms with E-state index in [4.69, 9.17) is 0 Å². The molecule has 0 aliphatic rings. The van der Waals surface area contributed by atoms with E-state index in [0.29, 0.717) is 24.6 Å². The molecule has 4 nitrogen and oxygen atoms in total. The molecule has 0 saturated heterocycles. The molecule has 2 aromatic carbocycles. The molecule has 0 aromatic heterocycles. The van der Waals surface area contributed by atoms with Gasteiger partial charge in [0.1, 0.15) is 0 Å². The fourth-order valence-electron chi connectivity index (χ4n) is 2.51. The Morgan fingerprint density at radius 2 is 1.92 bits per heavy atom. The molecule has 2 rings (SSSR count). The van der Waals surface area contributed by atoms with Crippen LogP contribution in [-0.4, -0.2) is 35.8 Å². The summed E-state index contributed by atoms with van der Waals surface area (Å²) in [6.07, 6.45) is 2.09. The van der Waals surface area contributed by atoms with Crippen LogP contribution in [0.4, 0.5) is 0 Å². The van der Waals surface area contributed by atoms with Gasteiger partial charge in [0.2, 0.25) is 0 Å². The van der Waals surface area contributed by atoms with Gasteiger partial charge in [-0.25, -0.2) is 0 Å². The second-order valence-corrected chi connectivity index (χ2v) is 8.37. The van der Waals surface area contributed by atoms with Crippen molar-refractivity contribution in [2.45, 2.75) is 24.1 Å². The molecule has 0 amide bonds. The lowest BCUT2D eigenvalue weighted by Crippen LogP contribution is -2.38. The van der Waals surface area contributed by atoms with Crippen LogP contribution in [0.1, 0.15) is 16.7 Å². The predicted molar refractivity (Wildman–Crippen MR) is 114 cm³/mol. The molecule has 0 saturated carbocycles. The summed E-state index contributed by atoms with van der Waals surface area (Å²) in [6.45, 7) is 3.44. The first-order valence-electron chi connectivity index (χ1n) is 8.59. The number of nitrogens with one attached hydrogen (secondary N) is 2. The third kappa shape index (κ3) is 6.84. The van der Waals surface area contributed by atoms with E-state index >= 15 is 0 Å². The topological polar surface area (TPSA) is 53.5 Å². The highest BCUT2D eigenvalue weighted by Crippen LogP contribution is 2.21. The van der Waals surface area contributed by atoms with Gasteiger partial charge in [-0.3, -0.25) is 9.20 Å². The first kappa shape index (κ1) is 20.5. The number of nitrogens with zero attached hydrogens (tertiary/aromatic N) is 1. The number of thioether (sulfide) groups is 1. The van der Waals surface area contributed by atoms with E-state index in [1.165, 1.54) is 16.0 Å². The molecule has 0 bridgehead atoms. The summed E-state index contributed by atoms with van der Waals surface area (Å²) in [5.41, 5.74) is 3.62. The summed E-state index contributed by atoms with van der Waals surface area (Å²) in [5.74, 6) is 1.92. The Labute approximate surface area is 163 Å². The summed E-state index contributed by atoms with van der Waals surface area (Å²) < 4.78 is 12.2. The molecule has 0 aliphatic heterocycles. The zero-order chi connectivity index (χ0) is 18.8. The molecule has 2 aromatic rings. The molecule has 1 atom stereocenters. The number of hydrogen-bond donors (Lipinski definition) is 2. The number of guanidine groups is 1. The summed E-state index contributed by atoms with van der Waals surface area (Å²) in [5, 5.41) is 6.57. The minimum atomic E-state index is -0.886. The fourth-order valence-corrected chi connectivity index (χ4v) is 4.26. The Kier molecular flexibility index (Phi) is 8.71. The molecule has 0 radical (unpaired) electrons. The number of aryl methyl sites for hydroxylation is 1. The fraction of sp³-hybridized carbons (Fsp3) is 0.350. The van der Waals surface area contributed by atoms with Gasteiger partial charge in [-0.15, -0.1) is 11.8 Å². The average Bonchev–Trinajstić information content (AvgIpc) is 2.66. The molecule has 6 heteroatoms. The third-order valence-electron chi connectivity index (χ3n) is 3.91. The standard InChI is InChI=1S/C20H27N3OS2/c1-16-9-10-18(19(13-16)25-3)14-23-20(21-2)22-11-12-26(24)15-17-7-5-4-6-8-17/h4-10,13H,11-12,14-15H2,1-3H3,(H2,21,22,23). The minimum Gasteiger partial charge on any atom is -0.355 e. The Morgan fingerprint density at radius 3 is 2.62 bits per heavy atom. The van der Waals surface area contributed by atoms with Crippen LogP contribution >= 0.6 is 11.8 Å². The van der Waals surface area contributed by atoms with Crippen molar-refractivity contribution >= 4 is 28.5 Å². The molecule has 0 heterocycles. The van der Waals surface area contributed by atoms with Crippen LogP contribution in [0, 0.1) is 6.92 Å². The number of hydrogen-bond acceptors (Lipinski definition) is 3. The van der Waals surface area contributed by atoms with Crippen LogP contribution in [0.3, 0.4) is 0 Å². The van der Waals surface area contributed by atoms with Crippen LogP contribution in [0.15, 0.2) is 58.4 Å². The Bertz CT molecular complexity index is 748. The second kappa shape index (κ2) is 11.0. The molecule has 0 spiro atoms. The van der Waals surface area contributed by atoms with Gasteiger partial charge < -0.3 is 10.6 Å². The lowest BCUT2D eigenvalue weighted by molar-refractivity contribution is 0.680. The van der Waals surface area contributed by atoms with Gasteiger partial charge in [0.25, 0.3) is 0 Å². The SMILES string of the molecule is CN=C(NCCS(=O)Cc1ccccc1)NCc1ccc(C)cc1SC. The van der Waals surface area contributed by atoms with Gasteiger partial charge in [-0.05, 0) is 35.9 Å². The summed E-state index contributed by atoms with van der Waals surface area (Å²) in [6, 6.07) is 16.4. The molecule has 1 unspecified atom stereocenters. The quantitative estimate of drug-likeness (QED) is 0.413. The molecule has 0 fully saturated rings. The Balaban J connectivity index is 1.77. The predicted octanol–water partition coefficient (Wildman–Crippen LogP) is 3.33. The summed E-state index contributed by atoms with van der Waals surface area (Å²) >= 11 is 1.75. The first-order valence-corrected chi connectivity index (χ1v) is 11.3. The normalized spacial score (nSPS) is 12.7. The van der Waals surface area contributed by atoms with Crippen molar-refractivity contribution in [3.8, 4) is 0 Å². The summed E-state index contributed by atoms with van der Waals surface area (Å²) in [4.78, 5) is 5.52. The highest BCUT2D eigenvalue weighted by atomic mass is 32.2. The number of aliphatic imine (C=N–C) groups is 1. The highest BCUT2D eigenvalue weighted by Gasteiger charge is 2.05. The van der Waals surface area contributed by atoms with Crippen molar-refractivity contribution < 1.29 is 4.21 Å². The van der Waals surface area contributed by atoms with Gasteiger partial charge in [0.05, 0.1) is 0 Å².